The Labute approximate surface area is 149 Å². The van der Waals surface area contributed by atoms with Crippen LogP contribution in [0.15, 0.2) is 11.0 Å². The average molecular weight is 395 g/mol. The van der Waals surface area contributed by atoms with Gasteiger partial charge < -0.3 is 25.0 Å². The number of halogens is 3. The molecule has 0 aliphatic carbocycles. The fraction of sp³-hybridized carbons (Fsp3) is 0.571. The highest BCUT2D eigenvalue weighted by Gasteiger charge is 2.36. The van der Waals surface area contributed by atoms with Gasteiger partial charge in [-0.15, -0.1) is 0 Å². The van der Waals surface area contributed by atoms with Gasteiger partial charge in [0, 0.05) is 19.5 Å². The summed E-state index contributed by atoms with van der Waals surface area (Å²) in [5, 5.41) is 20.9. The first-order valence-electron chi connectivity index (χ1n) is 7.61. The molecule has 150 valence electrons. The van der Waals surface area contributed by atoms with Crippen LogP contribution in [0.5, 0.6) is 0 Å². The van der Waals surface area contributed by atoms with Crippen molar-refractivity contribution < 1.29 is 42.4 Å². The van der Waals surface area contributed by atoms with Gasteiger partial charge in [-0.2, -0.15) is 18.2 Å². The molecule has 3 N–H and O–H groups in total. The van der Waals surface area contributed by atoms with Gasteiger partial charge in [-0.05, 0) is 0 Å². The zero-order valence-corrected chi connectivity index (χ0v) is 13.9. The number of nitrogens with zero attached hydrogens (tertiary/aromatic N) is 2. The van der Waals surface area contributed by atoms with Gasteiger partial charge in [0.1, 0.15) is 17.9 Å². The van der Waals surface area contributed by atoms with Crippen LogP contribution in [0.4, 0.5) is 19.0 Å². The Morgan fingerprint density at radius 3 is 2.67 bits per heavy atom. The minimum Gasteiger partial charge on any atom is -0.452 e. The molecule has 10 nitrogen and oxygen atoms in total. The Kier molecular flexibility index (Phi) is 6.18. The molecule has 1 amide bonds. The zero-order chi connectivity index (χ0) is 20.4. The molecule has 0 bridgehead atoms. The van der Waals surface area contributed by atoms with Gasteiger partial charge in [-0.3, -0.25) is 9.36 Å². The molecular formula is C14H16F3N3O7. The molecule has 2 rings (SSSR count). The maximum absolute atomic E-state index is 12.3. The molecule has 3 atom stereocenters. The number of aliphatic hydroxyl groups excluding tert-OH is 2. The number of alkyl halides is 3. The summed E-state index contributed by atoms with van der Waals surface area (Å²) in [4.78, 5) is 38.8. The van der Waals surface area contributed by atoms with E-state index in [0.717, 1.165) is 17.7 Å². The maximum Gasteiger partial charge on any atom is 0.422 e. The molecule has 0 saturated carbocycles. The molecule has 1 aromatic rings. The second-order valence-corrected chi connectivity index (χ2v) is 5.68. The van der Waals surface area contributed by atoms with E-state index >= 15 is 0 Å². The molecule has 13 heteroatoms. The van der Waals surface area contributed by atoms with E-state index in [9.17, 15) is 32.7 Å². The van der Waals surface area contributed by atoms with Crippen molar-refractivity contribution in [3.63, 3.8) is 0 Å². The first kappa shape index (κ1) is 20.8. The standard InChI is InChI=1S/C14H16F3N3O7/c1-6(22)18-11-7(12(24)26-5-14(15,16)17)3-20(13(25)19-11)10-2-8(23)9(4-21)27-10/h3,8-10,21,23H,2,4-5H2,1H3,(H,18,19,22,25)/t8?,9-,10-/m1/s1. The summed E-state index contributed by atoms with van der Waals surface area (Å²) in [5.41, 5.74) is -1.61. The lowest BCUT2D eigenvalue weighted by Gasteiger charge is -2.17. The molecular weight excluding hydrogens is 379 g/mol. The van der Waals surface area contributed by atoms with E-state index in [2.05, 4.69) is 15.0 Å². The average Bonchev–Trinajstić information content (AvgIpc) is 2.92. The van der Waals surface area contributed by atoms with Crippen LogP contribution < -0.4 is 11.0 Å². The third-order valence-corrected chi connectivity index (χ3v) is 3.53. The molecule has 27 heavy (non-hydrogen) atoms. The fourth-order valence-corrected chi connectivity index (χ4v) is 2.36. The number of carbonyl (C=O) groups is 2. The van der Waals surface area contributed by atoms with Crippen LogP contribution in [-0.4, -0.2) is 63.2 Å². The molecule has 1 fully saturated rings. The number of hydrogen-bond acceptors (Lipinski definition) is 8. The van der Waals surface area contributed by atoms with E-state index in [1.165, 1.54) is 0 Å². The topological polar surface area (TPSA) is 140 Å². The second kappa shape index (κ2) is 8.02. The van der Waals surface area contributed by atoms with E-state index in [0.29, 0.717) is 0 Å². The van der Waals surface area contributed by atoms with Crippen molar-refractivity contribution in [3.8, 4) is 0 Å². The van der Waals surface area contributed by atoms with Crippen LogP contribution in [0.1, 0.15) is 29.9 Å². The maximum atomic E-state index is 12.3. The van der Waals surface area contributed by atoms with Crippen molar-refractivity contribution in [2.75, 3.05) is 18.5 Å². The summed E-state index contributed by atoms with van der Waals surface area (Å²) in [6, 6.07) is 0. The van der Waals surface area contributed by atoms with Crippen LogP contribution >= 0.6 is 0 Å². The predicted molar refractivity (Wildman–Crippen MR) is 80.8 cm³/mol. The molecule has 0 aromatic carbocycles. The number of amides is 1. The van der Waals surface area contributed by atoms with Crippen LogP contribution in [0, 0.1) is 0 Å². The monoisotopic (exact) mass is 395 g/mol. The van der Waals surface area contributed by atoms with Crippen molar-refractivity contribution in [3.05, 3.63) is 22.2 Å². The Morgan fingerprint density at radius 1 is 1.48 bits per heavy atom. The molecule has 1 unspecified atom stereocenters. The van der Waals surface area contributed by atoms with Crippen molar-refractivity contribution >= 4 is 17.7 Å². The molecule has 0 spiro atoms. The van der Waals surface area contributed by atoms with Gasteiger partial charge in [-0.25, -0.2) is 9.59 Å². The van der Waals surface area contributed by atoms with E-state index in [-0.39, 0.29) is 6.42 Å². The minimum atomic E-state index is -4.78. The number of ether oxygens (including phenoxy) is 2. The number of hydrogen-bond donors (Lipinski definition) is 3. The Morgan fingerprint density at radius 2 is 2.15 bits per heavy atom. The SMILES string of the molecule is CC(=O)Nc1nc(=O)n([C@H]2CC(O)[C@@H](CO)O2)cc1C(=O)OCC(F)(F)F. The highest BCUT2D eigenvalue weighted by molar-refractivity contribution is 5.99. The van der Waals surface area contributed by atoms with Gasteiger partial charge in [-0.1, -0.05) is 0 Å². The number of rotatable bonds is 5. The highest BCUT2D eigenvalue weighted by Crippen LogP contribution is 2.28. The Hall–Kier alpha value is -2.51. The Bertz CT molecular complexity index is 780. The Balaban J connectivity index is 2.38. The van der Waals surface area contributed by atoms with E-state index in [1.54, 1.807) is 0 Å². The predicted octanol–water partition coefficient (Wildman–Crippen LogP) is -0.439. The van der Waals surface area contributed by atoms with Gasteiger partial charge in [0.15, 0.2) is 12.4 Å². The van der Waals surface area contributed by atoms with Crippen LogP contribution in [0.25, 0.3) is 0 Å². The zero-order valence-electron chi connectivity index (χ0n) is 13.9. The molecule has 2 heterocycles. The lowest BCUT2D eigenvalue weighted by molar-refractivity contribution is -0.161. The number of nitrogens with one attached hydrogen (secondary N) is 1. The van der Waals surface area contributed by atoms with Crippen molar-refractivity contribution in [1.29, 1.82) is 0 Å². The number of aliphatic hydroxyl groups is 2. The normalized spacial score (nSPS) is 22.5. The smallest absolute Gasteiger partial charge is 0.422 e. The van der Waals surface area contributed by atoms with Gasteiger partial charge in [0.2, 0.25) is 5.91 Å². The van der Waals surface area contributed by atoms with Gasteiger partial charge >= 0.3 is 17.8 Å². The second-order valence-electron chi connectivity index (χ2n) is 5.68. The van der Waals surface area contributed by atoms with Crippen molar-refractivity contribution in [2.45, 2.75) is 38.0 Å². The lowest BCUT2D eigenvalue weighted by atomic mass is 10.2. The summed E-state index contributed by atoms with van der Waals surface area (Å²) in [6.45, 7) is -1.37. The molecule has 1 saturated heterocycles. The van der Waals surface area contributed by atoms with Crippen LogP contribution in [-0.2, 0) is 14.3 Å². The number of esters is 1. The first-order valence-corrected chi connectivity index (χ1v) is 7.61. The third-order valence-electron chi connectivity index (χ3n) is 3.53. The molecule has 1 aliphatic rings. The summed E-state index contributed by atoms with van der Waals surface area (Å²) >= 11 is 0. The molecule has 0 radical (unpaired) electrons. The fourth-order valence-electron chi connectivity index (χ4n) is 2.36. The van der Waals surface area contributed by atoms with Crippen LogP contribution in [0.2, 0.25) is 0 Å². The quantitative estimate of drug-likeness (QED) is 0.570. The highest BCUT2D eigenvalue weighted by atomic mass is 19.4. The summed E-state index contributed by atoms with van der Waals surface area (Å²) in [5.74, 6) is -2.78. The first-order chi connectivity index (χ1) is 12.5. The number of anilines is 1. The van der Waals surface area contributed by atoms with E-state index in [4.69, 9.17) is 9.84 Å². The molecule has 1 aromatic heterocycles. The number of aromatic nitrogens is 2. The lowest BCUT2D eigenvalue weighted by Crippen LogP contribution is -2.31. The molecule has 1 aliphatic heterocycles. The van der Waals surface area contributed by atoms with Crippen LogP contribution in [0.3, 0.4) is 0 Å². The van der Waals surface area contributed by atoms with Crippen molar-refractivity contribution in [2.24, 2.45) is 0 Å². The summed E-state index contributed by atoms with van der Waals surface area (Å²) in [7, 11) is 0. The minimum absolute atomic E-state index is 0.136. The van der Waals surface area contributed by atoms with Gasteiger partial charge in [0.05, 0.1) is 12.7 Å². The third kappa shape index (κ3) is 5.24. The van der Waals surface area contributed by atoms with E-state index in [1.807, 2.05) is 0 Å². The number of carbonyl (C=O) groups excluding carboxylic acids is 2. The van der Waals surface area contributed by atoms with Gasteiger partial charge in [0.25, 0.3) is 0 Å². The van der Waals surface area contributed by atoms with E-state index < -0.39 is 66.8 Å². The summed E-state index contributed by atoms with van der Waals surface area (Å²) in [6.07, 6.45) is -7.32. The largest absolute Gasteiger partial charge is 0.452 e. The van der Waals surface area contributed by atoms with Crippen molar-refractivity contribution in [1.82, 2.24) is 9.55 Å². The summed E-state index contributed by atoms with van der Waals surface area (Å²) < 4.78 is 47.0.